The van der Waals surface area contributed by atoms with Gasteiger partial charge in [0.1, 0.15) is 11.5 Å². The Morgan fingerprint density at radius 2 is 2.06 bits per heavy atom. The molecule has 0 radical (unpaired) electrons. The average Bonchev–Trinajstić information content (AvgIpc) is 2.99. The van der Waals surface area contributed by atoms with Crippen molar-refractivity contribution in [3.63, 3.8) is 0 Å². The smallest absolute Gasteiger partial charge is 0.244 e. The first-order chi connectivity index (χ1) is 8.25. The number of carbonyl (C=O) groups is 1. The van der Waals surface area contributed by atoms with Crippen molar-refractivity contribution in [2.75, 3.05) is 0 Å². The van der Waals surface area contributed by atoms with Crippen molar-refractivity contribution in [3.05, 3.63) is 54.4 Å². The molecule has 0 unspecified atom stereocenters. The van der Waals surface area contributed by atoms with E-state index in [-0.39, 0.29) is 11.9 Å². The van der Waals surface area contributed by atoms with Gasteiger partial charge in [-0.15, -0.1) is 0 Å². The van der Waals surface area contributed by atoms with Gasteiger partial charge in [-0.1, -0.05) is 0 Å². The summed E-state index contributed by atoms with van der Waals surface area (Å²) in [6.45, 7) is 1.86. The molecule has 0 bridgehead atoms. The molecule has 2 aromatic heterocycles. The highest BCUT2D eigenvalue weighted by Gasteiger charge is 2.09. The molecule has 4 heteroatoms. The van der Waals surface area contributed by atoms with Gasteiger partial charge in [0.2, 0.25) is 5.91 Å². The van der Waals surface area contributed by atoms with Crippen molar-refractivity contribution in [1.29, 1.82) is 0 Å². The third kappa shape index (κ3) is 3.11. The minimum atomic E-state index is -0.190. The number of nitrogens with one attached hydrogen (secondary N) is 1. The SMILES string of the molecule is C[C@@H](NC(=O)/C=C/c1ccco1)c1ccco1. The normalized spacial score (nSPS) is 12.8. The number of amides is 1. The van der Waals surface area contributed by atoms with E-state index in [2.05, 4.69) is 5.32 Å². The van der Waals surface area contributed by atoms with Crippen LogP contribution >= 0.6 is 0 Å². The number of hydrogen-bond donors (Lipinski definition) is 1. The van der Waals surface area contributed by atoms with E-state index in [9.17, 15) is 4.79 Å². The van der Waals surface area contributed by atoms with E-state index in [1.54, 1.807) is 36.8 Å². The first-order valence-electron chi connectivity index (χ1n) is 5.31. The van der Waals surface area contributed by atoms with Crippen LogP contribution < -0.4 is 5.32 Å². The van der Waals surface area contributed by atoms with E-state index in [0.717, 1.165) is 5.76 Å². The highest BCUT2D eigenvalue weighted by atomic mass is 16.3. The van der Waals surface area contributed by atoms with Gasteiger partial charge in [-0.3, -0.25) is 4.79 Å². The van der Waals surface area contributed by atoms with Gasteiger partial charge in [-0.25, -0.2) is 0 Å². The van der Waals surface area contributed by atoms with Crippen LogP contribution in [0.25, 0.3) is 6.08 Å². The number of rotatable bonds is 4. The van der Waals surface area contributed by atoms with Crippen molar-refractivity contribution in [3.8, 4) is 0 Å². The van der Waals surface area contributed by atoms with Crippen LogP contribution in [0.5, 0.6) is 0 Å². The number of carbonyl (C=O) groups excluding carboxylic acids is 1. The second-order valence-corrected chi connectivity index (χ2v) is 3.59. The Balaban J connectivity index is 1.89. The molecule has 17 heavy (non-hydrogen) atoms. The maximum absolute atomic E-state index is 11.6. The molecule has 0 aromatic carbocycles. The lowest BCUT2D eigenvalue weighted by molar-refractivity contribution is -0.117. The third-order valence-electron chi connectivity index (χ3n) is 2.27. The Bertz CT molecular complexity index is 483. The zero-order chi connectivity index (χ0) is 12.1. The Kier molecular flexibility index (Phi) is 3.45. The van der Waals surface area contributed by atoms with E-state index in [0.29, 0.717) is 5.76 Å². The van der Waals surface area contributed by atoms with Crippen molar-refractivity contribution in [2.24, 2.45) is 0 Å². The minimum Gasteiger partial charge on any atom is -0.467 e. The van der Waals surface area contributed by atoms with Crippen LogP contribution in [0.2, 0.25) is 0 Å². The summed E-state index contributed by atoms with van der Waals surface area (Å²) < 4.78 is 10.3. The molecule has 2 heterocycles. The highest BCUT2D eigenvalue weighted by molar-refractivity contribution is 5.91. The fourth-order valence-electron chi connectivity index (χ4n) is 1.41. The van der Waals surface area contributed by atoms with Crippen molar-refractivity contribution in [2.45, 2.75) is 13.0 Å². The fraction of sp³-hybridized carbons (Fsp3) is 0.154. The molecule has 1 atom stereocenters. The first kappa shape index (κ1) is 11.3. The van der Waals surface area contributed by atoms with Gasteiger partial charge in [0.15, 0.2) is 0 Å². The Labute approximate surface area is 98.9 Å². The van der Waals surface area contributed by atoms with Gasteiger partial charge in [0.25, 0.3) is 0 Å². The molecule has 0 saturated carbocycles. The molecule has 0 spiro atoms. The molecule has 0 fully saturated rings. The molecule has 0 aliphatic heterocycles. The maximum Gasteiger partial charge on any atom is 0.244 e. The summed E-state index contributed by atoms with van der Waals surface area (Å²) in [4.78, 5) is 11.6. The van der Waals surface area contributed by atoms with Crippen LogP contribution in [0.1, 0.15) is 24.5 Å². The van der Waals surface area contributed by atoms with Crippen LogP contribution in [-0.2, 0) is 4.79 Å². The quantitative estimate of drug-likeness (QED) is 0.823. The lowest BCUT2D eigenvalue weighted by Gasteiger charge is -2.08. The summed E-state index contributed by atoms with van der Waals surface area (Å²) in [6.07, 6.45) is 6.18. The van der Waals surface area contributed by atoms with E-state index in [4.69, 9.17) is 8.83 Å². The lowest BCUT2D eigenvalue weighted by atomic mass is 10.2. The van der Waals surface area contributed by atoms with Crippen LogP contribution in [0.4, 0.5) is 0 Å². The Hall–Kier alpha value is -2.23. The van der Waals surface area contributed by atoms with Crippen LogP contribution in [0, 0.1) is 0 Å². The van der Waals surface area contributed by atoms with E-state index >= 15 is 0 Å². The Morgan fingerprint density at radius 3 is 2.71 bits per heavy atom. The molecular weight excluding hydrogens is 218 g/mol. The lowest BCUT2D eigenvalue weighted by Crippen LogP contribution is -2.24. The zero-order valence-electron chi connectivity index (χ0n) is 9.42. The maximum atomic E-state index is 11.6. The third-order valence-corrected chi connectivity index (χ3v) is 2.27. The van der Waals surface area contributed by atoms with Gasteiger partial charge >= 0.3 is 0 Å². The van der Waals surface area contributed by atoms with Gasteiger partial charge in [0, 0.05) is 6.08 Å². The molecule has 2 rings (SSSR count). The fourth-order valence-corrected chi connectivity index (χ4v) is 1.41. The number of hydrogen-bond acceptors (Lipinski definition) is 3. The molecule has 0 aliphatic rings. The predicted octanol–water partition coefficient (Wildman–Crippen LogP) is 2.76. The largest absolute Gasteiger partial charge is 0.467 e. The molecule has 2 aromatic rings. The van der Waals surface area contributed by atoms with Crippen LogP contribution in [0.15, 0.2) is 51.7 Å². The summed E-state index contributed by atoms with van der Waals surface area (Å²) in [5.74, 6) is 1.18. The summed E-state index contributed by atoms with van der Waals surface area (Å²) in [5, 5.41) is 2.78. The van der Waals surface area contributed by atoms with Gasteiger partial charge < -0.3 is 14.2 Å². The van der Waals surface area contributed by atoms with Crippen molar-refractivity contribution >= 4 is 12.0 Å². The number of furan rings is 2. The summed E-state index contributed by atoms with van der Waals surface area (Å²) in [7, 11) is 0. The Morgan fingerprint density at radius 1 is 1.29 bits per heavy atom. The summed E-state index contributed by atoms with van der Waals surface area (Å²) in [5.41, 5.74) is 0. The molecule has 0 saturated heterocycles. The van der Waals surface area contributed by atoms with E-state index in [1.165, 1.54) is 6.08 Å². The molecule has 1 amide bonds. The average molecular weight is 231 g/mol. The zero-order valence-corrected chi connectivity index (χ0v) is 9.42. The minimum absolute atomic E-state index is 0.154. The second kappa shape index (κ2) is 5.21. The molecule has 4 nitrogen and oxygen atoms in total. The first-order valence-corrected chi connectivity index (χ1v) is 5.31. The van der Waals surface area contributed by atoms with E-state index < -0.39 is 0 Å². The second-order valence-electron chi connectivity index (χ2n) is 3.59. The van der Waals surface area contributed by atoms with Crippen molar-refractivity contribution in [1.82, 2.24) is 5.32 Å². The van der Waals surface area contributed by atoms with Crippen molar-refractivity contribution < 1.29 is 13.6 Å². The highest BCUT2D eigenvalue weighted by Crippen LogP contribution is 2.12. The van der Waals surface area contributed by atoms with E-state index in [1.807, 2.05) is 13.0 Å². The molecule has 0 aliphatic carbocycles. The van der Waals surface area contributed by atoms with Crippen LogP contribution in [-0.4, -0.2) is 5.91 Å². The summed E-state index contributed by atoms with van der Waals surface area (Å²) in [6, 6.07) is 7.00. The monoisotopic (exact) mass is 231 g/mol. The predicted molar refractivity (Wildman–Crippen MR) is 63.0 cm³/mol. The molecular formula is C13H13NO3. The standard InChI is InChI=1S/C13H13NO3/c1-10(12-5-3-9-17-12)14-13(15)7-6-11-4-2-8-16-11/h2-10H,1H3,(H,14,15)/b7-6+/t10-/m1/s1. The molecule has 1 N–H and O–H groups in total. The summed E-state index contributed by atoms with van der Waals surface area (Å²) >= 11 is 0. The van der Waals surface area contributed by atoms with Gasteiger partial charge in [-0.2, -0.15) is 0 Å². The van der Waals surface area contributed by atoms with Gasteiger partial charge in [0.05, 0.1) is 18.6 Å². The topological polar surface area (TPSA) is 55.4 Å². The molecule has 88 valence electrons. The van der Waals surface area contributed by atoms with Gasteiger partial charge in [-0.05, 0) is 37.3 Å². The van der Waals surface area contributed by atoms with Crippen LogP contribution in [0.3, 0.4) is 0 Å².